The Morgan fingerprint density at radius 2 is 2.20 bits per heavy atom. The maximum absolute atomic E-state index is 13.9. The summed E-state index contributed by atoms with van der Waals surface area (Å²) in [6.07, 6.45) is 2.11. The molecule has 2 rings (SSSR count). The van der Waals surface area contributed by atoms with Crippen LogP contribution in [0.1, 0.15) is 30.9 Å². The maximum Gasteiger partial charge on any atom is 0.239 e. The number of amides is 1. The molecule has 1 aromatic carbocycles. The fraction of sp³-hybridized carbons (Fsp3) is 0.467. The lowest BCUT2D eigenvalue weighted by molar-refractivity contribution is -0.131. The number of rotatable bonds is 4. The molecule has 1 N–H and O–H groups in total. The molecule has 1 atom stereocenters. The first-order chi connectivity index (χ1) is 9.63. The highest BCUT2D eigenvalue weighted by atomic mass is 19.1. The minimum Gasteiger partial charge on any atom is -0.341 e. The van der Waals surface area contributed by atoms with Crippen LogP contribution in [0.2, 0.25) is 0 Å². The van der Waals surface area contributed by atoms with Crippen LogP contribution in [0.25, 0.3) is 0 Å². The van der Waals surface area contributed by atoms with E-state index < -0.39 is 5.82 Å². The number of hydrogen-bond acceptors (Lipinski definition) is 3. The van der Waals surface area contributed by atoms with Crippen LogP contribution < -0.4 is 5.32 Å². The zero-order chi connectivity index (χ0) is 14.5. The minimum atomic E-state index is -0.511. The number of carbonyl (C=O) groups excluding carboxylic acids is 1. The molecule has 1 fully saturated rings. The van der Waals surface area contributed by atoms with Gasteiger partial charge in [-0.05, 0) is 25.8 Å². The predicted molar refractivity (Wildman–Crippen MR) is 73.2 cm³/mol. The first kappa shape index (κ1) is 14.5. The lowest BCUT2D eigenvalue weighted by Gasteiger charge is -2.21. The zero-order valence-corrected chi connectivity index (χ0v) is 11.5. The minimum absolute atomic E-state index is 0.0304. The van der Waals surface area contributed by atoms with Crippen molar-refractivity contribution in [1.29, 1.82) is 5.26 Å². The molecule has 1 amide bonds. The Morgan fingerprint density at radius 3 is 2.85 bits per heavy atom. The van der Waals surface area contributed by atoms with Crippen molar-refractivity contribution < 1.29 is 9.18 Å². The standard InChI is InChI=1S/C15H18FN3O/c1-11(15(20)19-7-2-3-8-19)18-10-13-6-4-5-12(9-17)14(13)16/h4-6,11,18H,2-3,7-8,10H2,1H3. The zero-order valence-electron chi connectivity index (χ0n) is 11.5. The van der Waals surface area contributed by atoms with Gasteiger partial charge in [0.2, 0.25) is 5.91 Å². The van der Waals surface area contributed by atoms with Gasteiger partial charge in [-0.3, -0.25) is 4.79 Å². The largest absolute Gasteiger partial charge is 0.341 e. The summed E-state index contributed by atoms with van der Waals surface area (Å²) in [5.41, 5.74) is 0.438. The van der Waals surface area contributed by atoms with E-state index in [2.05, 4.69) is 5.32 Å². The van der Waals surface area contributed by atoms with Gasteiger partial charge in [-0.25, -0.2) is 4.39 Å². The van der Waals surface area contributed by atoms with Gasteiger partial charge in [-0.2, -0.15) is 5.26 Å². The Labute approximate surface area is 118 Å². The van der Waals surface area contributed by atoms with Crippen LogP contribution in [0.4, 0.5) is 4.39 Å². The molecule has 0 saturated carbocycles. The van der Waals surface area contributed by atoms with E-state index in [1.807, 2.05) is 11.0 Å². The third-order valence-electron chi connectivity index (χ3n) is 3.59. The van der Waals surface area contributed by atoms with Crippen molar-refractivity contribution in [3.8, 4) is 6.07 Å². The highest BCUT2D eigenvalue weighted by Crippen LogP contribution is 2.13. The molecular weight excluding hydrogens is 257 g/mol. The second kappa shape index (κ2) is 6.49. The molecule has 1 aliphatic heterocycles. The first-order valence-electron chi connectivity index (χ1n) is 6.83. The quantitative estimate of drug-likeness (QED) is 0.911. The highest BCUT2D eigenvalue weighted by Gasteiger charge is 2.23. The van der Waals surface area contributed by atoms with Crippen molar-refractivity contribution >= 4 is 5.91 Å². The van der Waals surface area contributed by atoms with E-state index in [0.29, 0.717) is 5.56 Å². The number of carbonyl (C=O) groups is 1. The van der Waals surface area contributed by atoms with Crippen molar-refractivity contribution in [2.45, 2.75) is 32.4 Å². The number of nitrogens with zero attached hydrogens (tertiary/aromatic N) is 2. The van der Waals surface area contributed by atoms with Crippen molar-refractivity contribution in [3.05, 3.63) is 35.1 Å². The molecule has 0 spiro atoms. The number of likely N-dealkylation sites (tertiary alicyclic amines) is 1. The van der Waals surface area contributed by atoms with Gasteiger partial charge in [0.1, 0.15) is 11.9 Å². The average Bonchev–Trinajstić information content (AvgIpc) is 2.99. The molecule has 1 aliphatic rings. The van der Waals surface area contributed by atoms with E-state index in [4.69, 9.17) is 5.26 Å². The third kappa shape index (κ3) is 3.14. The average molecular weight is 275 g/mol. The Balaban J connectivity index is 1.95. The van der Waals surface area contributed by atoms with Crippen molar-refractivity contribution in [3.63, 3.8) is 0 Å². The van der Waals surface area contributed by atoms with Gasteiger partial charge in [0, 0.05) is 25.2 Å². The summed E-state index contributed by atoms with van der Waals surface area (Å²) in [4.78, 5) is 13.9. The molecule has 5 heteroatoms. The van der Waals surface area contributed by atoms with Gasteiger partial charge in [-0.15, -0.1) is 0 Å². The molecule has 0 radical (unpaired) electrons. The van der Waals surface area contributed by atoms with E-state index in [1.165, 1.54) is 6.07 Å². The number of halogens is 1. The van der Waals surface area contributed by atoms with E-state index >= 15 is 0 Å². The molecule has 106 valence electrons. The molecule has 1 saturated heterocycles. The van der Waals surface area contributed by atoms with Crippen LogP contribution in [0.5, 0.6) is 0 Å². The van der Waals surface area contributed by atoms with Gasteiger partial charge < -0.3 is 10.2 Å². The number of nitrogens with one attached hydrogen (secondary N) is 1. The lowest BCUT2D eigenvalue weighted by Crippen LogP contribution is -2.43. The summed E-state index contributed by atoms with van der Waals surface area (Å²) in [5.74, 6) is -0.456. The second-order valence-electron chi connectivity index (χ2n) is 5.03. The smallest absolute Gasteiger partial charge is 0.239 e. The van der Waals surface area contributed by atoms with Crippen LogP contribution in [-0.2, 0) is 11.3 Å². The highest BCUT2D eigenvalue weighted by molar-refractivity contribution is 5.81. The summed E-state index contributed by atoms with van der Waals surface area (Å²) in [7, 11) is 0. The predicted octanol–water partition coefficient (Wildman–Crippen LogP) is 1.80. The number of benzene rings is 1. The first-order valence-corrected chi connectivity index (χ1v) is 6.83. The Kier molecular flexibility index (Phi) is 4.70. The fourth-order valence-corrected chi connectivity index (χ4v) is 2.36. The number of nitriles is 1. The SMILES string of the molecule is CC(NCc1cccc(C#N)c1F)C(=O)N1CCCC1. The summed E-state index contributed by atoms with van der Waals surface area (Å²) in [5, 5.41) is 11.8. The molecular formula is C15H18FN3O. The van der Waals surface area contributed by atoms with E-state index in [1.54, 1.807) is 19.1 Å². The van der Waals surface area contributed by atoms with Crippen molar-refractivity contribution in [1.82, 2.24) is 10.2 Å². The topological polar surface area (TPSA) is 56.1 Å². The van der Waals surface area contributed by atoms with Crippen molar-refractivity contribution in [2.75, 3.05) is 13.1 Å². The fourth-order valence-electron chi connectivity index (χ4n) is 2.36. The molecule has 1 unspecified atom stereocenters. The second-order valence-corrected chi connectivity index (χ2v) is 5.03. The summed E-state index contributed by atoms with van der Waals surface area (Å²) in [6, 6.07) is 6.17. The summed E-state index contributed by atoms with van der Waals surface area (Å²) < 4.78 is 13.9. The molecule has 0 aromatic heterocycles. The molecule has 1 aromatic rings. The Hall–Kier alpha value is -1.93. The van der Waals surface area contributed by atoms with Crippen molar-refractivity contribution in [2.24, 2.45) is 0 Å². The maximum atomic E-state index is 13.9. The van der Waals surface area contributed by atoms with Crippen LogP contribution >= 0.6 is 0 Å². The normalized spacial score (nSPS) is 15.9. The van der Waals surface area contributed by atoms with Crippen LogP contribution in [0, 0.1) is 17.1 Å². The van der Waals surface area contributed by atoms with Gasteiger partial charge in [0.15, 0.2) is 0 Å². The van der Waals surface area contributed by atoms with Gasteiger partial charge in [0.25, 0.3) is 0 Å². The van der Waals surface area contributed by atoms with E-state index in [9.17, 15) is 9.18 Å². The van der Waals surface area contributed by atoms with Crippen LogP contribution in [0.3, 0.4) is 0 Å². The molecule has 4 nitrogen and oxygen atoms in total. The van der Waals surface area contributed by atoms with Gasteiger partial charge in [0.05, 0.1) is 11.6 Å². The van der Waals surface area contributed by atoms with E-state index in [0.717, 1.165) is 25.9 Å². The monoisotopic (exact) mass is 275 g/mol. The van der Waals surface area contributed by atoms with E-state index in [-0.39, 0.29) is 24.1 Å². The van der Waals surface area contributed by atoms with Crippen LogP contribution in [0.15, 0.2) is 18.2 Å². The molecule has 0 aliphatic carbocycles. The van der Waals surface area contributed by atoms with Crippen LogP contribution in [-0.4, -0.2) is 29.9 Å². The lowest BCUT2D eigenvalue weighted by atomic mass is 10.1. The Morgan fingerprint density at radius 1 is 1.50 bits per heavy atom. The van der Waals surface area contributed by atoms with Gasteiger partial charge in [-0.1, -0.05) is 12.1 Å². The summed E-state index contributed by atoms with van der Waals surface area (Å²) in [6.45, 7) is 3.64. The summed E-state index contributed by atoms with van der Waals surface area (Å²) >= 11 is 0. The molecule has 0 bridgehead atoms. The van der Waals surface area contributed by atoms with Gasteiger partial charge >= 0.3 is 0 Å². The third-order valence-corrected chi connectivity index (χ3v) is 3.59. The number of hydrogen-bond donors (Lipinski definition) is 1. The Bertz CT molecular complexity index is 532. The molecule has 20 heavy (non-hydrogen) atoms. The molecule has 1 heterocycles.